The SMILES string of the molecule is CCn1c(C)nc2cc(C(=O)N3C[C@@H](O)[C@H](n4cnc5c(N)ncnc54)C3)ccc21. The number of aryl methyl sites for hydroxylation is 2. The van der Waals surface area contributed by atoms with Gasteiger partial charge >= 0.3 is 0 Å². The summed E-state index contributed by atoms with van der Waals surface area (Å²) in [5.74, 6) is 1.07. The predicted octanol–water partition coefficient (Wildman–Crippen LogP) is 1.14. The van der Waals surface area contributed by atoms with Crippen LogP contribution in [0.25, 0.3) is 22.2 Å². The average Bonchev–Trinajstić information content (AvgIpc) is 3.41. The highest BCUT2D eigenvalue weighted by Crippen LogP contribution is 2.28. The molecule has 0 spiro atoms. The summed E-state index contributed by atoms with van der Waals surface area (Å²) in [6.07, 6.45) is 2.21. The molecule has 0 radical (unpaired) electrons. The molecular weight excluding hydrogens is 384 g/mol. The number of aromatic nitrogens is 6. The van der Waals surface area contributed by atoms with Crippen molar-refractivity contribution < 1.29 is 9.90 Å². The second-order valence-electron chi connectivity index (χ2n) is 7.53. The number of carbonyl (C=O) groups is 1. The first-order valence-corrected chi connectivity index (χ1v) is 9.85. The van der Waals surface area contributed by atoms with E-state index in [-0.39, 0.29) is 24.3 Å². The third-order valence-corrected chi connectivity index (χ3v) is 5.79. The Morgan fingerprint density at radius 1 is 1.27 bits per heavy atom. The maximum absolute atomic E-state index is 13.1. The number of benzene rings is 1. The van der Waals surface area contributed by atoms with Gasteiger partial charge in [-0.15, -0.1) is 0 Å². The van der Waals surface area contributed by atoms with E-state index in [0.29, 0.717) is 23.3 Å². The van der Waals surface area contributed by atoms with Crippen molar-refractivity contribution in [2.75, 3.05) is 18.8 Å². The van der Waals surface area contributed by atoms with Crippen LogP contribution < -0.4 is 5.73 Å². The van der Waals surface area contributed by atoms with Crippen LogP contribution in [0, 0.1) is 6.92 Å². The minimum absolute atomic E-state index is 0.138. The van der Waals surface area contributed by atoms with Gasteiger partial charge in [-0.25, -0.2) is 19.9 Å². The lowest BCUT2D eigenvalue weighted by Gasteiger charge is -2.17. The summed E-state index contributed by atoms with van der Waals surface area (Å²) in [4.78, 5) is 31.8. The van der Waals surface area contributed by atoms with Gasteiger partial charge < -0.3 is 24.9 Å². The number of nitrogens with zero attached hydrogens (tertiary/aromatic N) is 7. The first-order valence-electron chi connectivity index (χ1n) is 9.85. The number of likely N-dealkylation sites (tertiary alicyclic amines) is 1. The number of nitrogens with two attached hydrogens (primary N) is 1. The number of hydrogen-bond acceptors (Lipinski definition) is 7. The largest absolute Gasteiger partial charge is 0.389 e. The van der Waals surface area contributed by atoms with Crippen LogP contribution in [0.1, 0.15) is 29.1 Å². The summed E-state index contributed by atoms with van der Waals surface area (Å²) in [6.45, 7) is 5.41. The molecule has 3 aromatic heterocycles. The average molecular weight is 406 g/mol. The molecule has 0 aliphatic carbocycles. The van der Waals surface area contributed by atoms with E-state index in [4.69, 9.17) is 5.73 Å². The number of aliphatic hydroxyl groups is 1. The topological polar surface area (TPSA) is 128 Å². The Hall–Kier alpha value is -3.53. The number of β-amino-alcohol motifs (C(OH)–C–C–N with tert-alkyl or cyclic N) is 1. The van der Waals surface area contributed by atoms with Crippen LogP contribution in [-0.2, 0) is 6.54 Å². The zero-order chi connectivity index (χ0) is 21.0. The van der Waals surface area contributed by atoms with Gasteiger partial charge in [0.15, 0.2) is 11.5 Å². The smallest absolute Gasteiger partial charge is 0.254 e. The predicted molar refractivity (Wildman–Crippen MR) is 111 cm³/mol. The van der Waals surface area contributed by atoms with Gasteiger partial charge in [0.1, 0.15) is 17.7 Å². The highest BCUT2D eigenvalue weighted by Gasteiger charge is 2.36. The van der Waals surface area contributed by atoms with Crippen molar-refractivity contribution in [2.24, 2.45) is 0 Å². The summed E-state index contributed by atoms with van der Waals surface area (Å²) in [7, 11) is 0. The Morgan fingerprint density at radius 2 is 2.10 bits per heavy atom. The lowest BCUT2D eigenvalue weighted by atomic mass is 10.1. The molecule has 4 heterocycles. The minimum atomic E-state index is -0.743. The Bertz CT molecular complexity index is 1280. The molecule has 1 amide bonds. The fraction of sp³-hybridized carbons (Fsp3) is 0.350. The number of imidazole rings is 2. The zero-order valence-electron chi connectivity index (χ0n) is 16.7. The van der Waals surface area contributed by atoms with E-state index in [0.717, 1.165) is 23.4 Å². The number of rotatable bonds is 3. The van der Waals surface area contributed by atoms with Crippen LogP contribution in [-0.4, -0.2) is 64.2 Å². The fourth-order valence-corrected chi connectivity index (χ4v) is 4.29. The molecule has 1 aromatic carbocycles. The van der Waals surface area contributed by atoms with Gasteiger partial charge in [0.2, 0.25) is 0 Å². The normalized spacial score (nSPS) is 19.2. The summed E-state index contributed by atoms with van der Waals surface area (Å²) in [6, 6.07) is 5.20. The third kappa shape index (κ3) is 2.71. The molecule has 3 N–H and O–H groups in total. The number of amides is 1. The number of fused-ring (bicyclic) bond motifs is 2. The number of hydrogen-bond donors (Lipinski definition) is 2. The Balaban J connectivity index is 1.43. The standard InChI is InChI=1S/C20H22N8O2/c1-3-27-11(2)25-13-6-12(4-5-14(13)27)20(30)26-7-15(16(29)8-26)28-10-24-17-18(21)22-9-23-19(17)28/h4-6,9-10,15-16,29H,3,7-8H2,1-2H3,(H2,21,22,23)/t15-,16-/m1/s1. The molecule has 1 aliphatic heterocycles. The van der Waals surface area contributed by atoms with E-state index < -0.39 is 6.10 Å². The minimum Gasteiger partial charge on any atom is -0.389 e. The molecule has 1 saturated heterocycles. The van der Waals surface area contributed by atoms with E-state index in [1.807, 2.05) is 25.1 Å². The first-order chi connectivity index (χ1) is 14.5. The quantitative estimate of drug-likeness (QED) is 0.522. The van der Waals surface area contributed by atoms with Crippen molar-refractivity contribution in [3.8, 4) is 0 Å². The van der Waals surface area contributed by atoms with Crippen molar-refractivity contribution in [1.82, 2.24) is 34.0 Å². The van der Waals surface area contributed by atoms with Crippen LogP contribution in [0.15, 0.2) is 30.9 Å². The van der Waals surface area contributed by atoms with Gasteiger partial charge in [0, 0.05) is 25.2 Å². The molecule has 154 valence electrons. The van der Waals surface area contributed by atoms with Crippen molar-refractivity contribution >= 4 is 33.9 Å². The Labute approximate surface area is 172 Å². The zero-order valence-corrected chi connectivity index (χ0v) is 16.7. The number of carbonyl (C=O) groups excluding carboxylic acids is 1. The van der Waals surface area contributed by atoms with Crippen LogP contribution in [0.4, 0.5) is 5.82 Å². The van der Waals surface area contributed by atoms with Crippen LogP contribution in [0.5, 0.6) is 0 Å². The lowest BCUT2D eigenvalue weighted by Crippen LogP contribution is -2.29. The molecule has 0 unspecified atom stereocenters. The summed E-state index contributed by atoms with van der Waals surface area (Å²) >= 11 is 0. The molecule has 0 saturated carbocycles. The van der Waals surface area contributed by atoms with E-state index in [1.54, 1.807) is 15.8 Å². The number of aliphatic hydroxyl groups excluding tert-OH is 1. The van der Waals surface area contributed by atoms with Crippen molar-refractivity contribution in [1.29, 1.82) is 0 Å². The molecule has 10 heteroatoms. The Morgan fingerprint density at radius 3 is 2.90 bits per heavy atom. The van der Waals surface area contributed by atoms with Crippen LogP contribution in [0.2, 0.25) is 0 Å². The van der Waals surface area contributed by atoms with Gasteiger partial charge in [-0.2, -0.15) is 0 Å². The van der Waals surface area contributed by atoms with Gasteiger partial charge in [0.05, 0.1) is 29.5 Å². The molecule has 1 fully saturated rings. The van der Waals surface area contributed by atoms with Gasteiger partial charge in [-0.3, -0.25) is 4.79 Å². The molecule has 5 rings (SSSR count). The van der Waals surface area contributed by atoms with E-state index in [9.17, 15) is 9.90 Å². The summed E-state index contributed by atoms with van der Waals surface area (Å²) in [5, 5.41) is 10.7. The molecule has 2 atom stereocenters. The maximum atomic E-state index is 13.1. The molecule has 10 nitrogen and oxygen atoms in total. The van der Waals surface area contributed by atoms with Crippen molar-refractivity contribution in [2.45, 2.75) is 32.5 Å². The fourth-order valence-electron chi connectivity index (χ4n) is 4.29. The van der Waals surface area contributed by atoms with E-state index in [1.165, 1.54) is 6.33 Å². The van der Waals surface area contributed by atoms with E-state index >= 15 is 0 Å². The molecule has 1 aliphatic rings. The van der Waals surface area contributed by atoms with Gasteiger partial charge in [0.25, 0.3) is 5.91 Å². The molecule has 30 heavy (non-hydrogen) atoms. The highest BCUT2D eigenvalue weighted by molar-refractivity contribution is 5.97. The third-order valence-electron chi connectivity index (χ3n) is 5.79. The second kappa shape index (κ2) is 6.77. The maximum Gasteiger partial charge on any atom is 0.254 e. The lowest BCUT2D eigenvalue weighted by molar-refractivity contribution is 0.0765. The van der Waals surface area contributed by atoms with Gasteiger partial charge in [-0.05, 0) is 32.0 Å². The monoisotopic (exact) mass is 406 g/mol. The first kappa shape index (κ1) is 18.5. The Kier molecular flexibility index (Phi) is 4.17. The van der Waals surface area contributed by atoms with Crippen molar-refractivity contribution in [3.63, 3.8) is 0 Å². The molecular formula is C20H22N8O2. The van der Waals surface area contributed by atoms with Gasteiger partial charge in [-0.1, -0.05) is 0 Å². The molecule has 0 bridgehead atoms. The molecule has 4 aromatic rings. The van der Waals surface area contributed by atoms with Crippen LogP contribution >= 0.6 is 0 Å². The van der Waals surface area contributed by atoms with Crippen molar-refractivity contribution in [3.05, 3.63) is 42.2 Å². The second-order valence-corrected chi connectivity index (χ2v) is 7.53. The highest BCUT2D eigenvalue weighted by atomic mass is 16.3. The number of anilines is 1. The van der Waals surface area contributed by atoms with Crippen LogP contribution in [0.3, 0.4) is 0 Å². The summed E-state index contributed by atoms with van der Waals surface area (Å²) < 4.78 is 3.87. The number of nitrogen functional groups attached to an aromatic ring is 1. The summed E-state index contributed by atoms with van der Waals surface area (Å²) in [5.41, 5.74) is 9.25. The van der Waals surface area contributed by atoms with E-state index in [2.05, 4.69) is 31.4 Å².